The van der Waals surface area contributed by atoms with Gasteiger partial charge < -0.3 is 15.3 Å². The van der Waals surface area contributed by atoms with Crippen LogP contribution in [0, 0.1) is 11.3 Å². The van der Waals surface area contributed by atoms with Crippen LogP contribution in [0.5, 0.6) is 0 Å². The van der Waals surface area contributed by atoms with E-state index in [-0.39, 0.29) is 17.3 Å². The summed E-state index contributed by atoms with van der Waals surface area (Å²) in [5, 5.41) is 14.4. The third kappa shape index (κ3) is 3.61. The summed E-state index contributed by atoms with van der Waals surface area (Å²) in [5.41, 5.74) is -0.735. The van der Waals surface area contributed by atoms with E-state index in [4.69, 9.17) is 9.94 Å². The molecule has 1 fully saturated rings. The van der Waals surface area contributed by atoms with Gasteiger partial charge in [0.05, 0.1) is 12.1 Å². The fraction of sp³-hybridized carbons (Fsp3) is 0.818. The van der Waals surface area contributed by atoms with Crippen molar-refractivity contribution in [3.63, 3.8) is 0 Å². The van der Waals surface area contributed by atoms with Crippen LogP contribution in [0.15, 0.2) is 5.16 Å². The highest BCUT2D eigenvalue weighted by molar-refractivity contribution is 7.99. The summed E-state index contributed by atoms with van der Waals surface area (Å²) in [6, 6.07) is 0. The maximum absolute atomic E-state index is 12.0. The number of thioether (sulfide) groups is 1. The van der Waals surface area contributed by atoms with Crippen molar-refractivity contribution in [3.05, 3.63) is 0 Å². The Labute approximate surface area is 106 Å². The lowest BCUT2D eigenvalue weighted by atomic mass is 9.79. The first-order valence-corrected chi connectivity index (χ1v) is 6.71. The second-order valence-corrected chi connectivity index (χ2v) is 5.83. The number of oxime groups is 1. The van der Waals surface area contributed by atoms with Crippen LogP contribution in [0.2, 0.25) is 0 Å². The molecule has 5 nitrogen and oxygen atoms in total. The first-order valence-electron chi connectivity index (χ1n) is 5.66. The molecule has 0 saturated carbocycles. The van der Waals surface area contributed by atoms with E-state index in [0.717, 1.165) is 12.2 Å². The quantitative estimate of drug-likeness (QED) is 0.454. The van der Waals surface area contributed by atoms with Crippen LogP contribution >= 0.6 is 11.8 Å². The van der Waals surface area contributed by atoms with Crippen LogP contribution in [-0.2, 0) is 9.53 Å². The van der Waals surface area contributed by atoms with Crippen molar-refractivity contribution in [2.24, 2.45) is 16.5 Å². The largest absolute Gasteiger partial charge is 0.411 e. The number of carbonyl (C=O) groups excluding carboxylic acids is 1. The van der Waals surface area contributed by atoms with Gasteiger partial charge in [-0.3, -0.25) is 4.79 Å². The number of hydrogen-bond donors (Lipinski definition) is 2. The Morgan fingerprint density at radius 1 is 1.71 bits per heavy atom. The number of nitrogens with zero attached hydrogens (tertiary/aromatic N) is 1. The van der Waals surface area contributed by atoms with Gasteiger partial charge in [-0.25, -0.2) is 0 Å². The highest BCUT2D eigenvalue weighted by Gasteiger charge is 2.41. The molecule has 2 atom stereocenters. The average Bonchev–Trinajstić information content (AvgIpc) is 2.30. The molecule has 2 N–H and O–H groups in total. The first kappa shape index (κ1) is 14.3. The Morgan fingerprint density at radius 3 is 2.88 bits per heavy atom. The molecule has 1 aliphatic rings. The van der Waals surface area contributed by atoms with Gasteiger partial charge in [0.15, 0.2) is 0 Å². The standard InChI is InChI=1S/C11H20N2O3S/c1-11(2,7-13-15)8(9(14)12-3)10-16-5-4-6-17-10/h7-8,10,15H,4-6H2,1-3H3,(H,12,14). The fourth-order valence-corrected chi connectivity index (χ4v) is 3.27. The lowest BCUT2D eigenvalue weighted by Crippen LogP contribution is -2.46. The molecule has 1 rings (SSSR count). The zero-order chi connectivity index (χ0) is 12.9. The van der Waals surface area contributed by atoms with Gasteiger partial charge in [-0.1, -0.05) is 13.8 Å². The third-order valence-corrected chi connectivity index (χ3v) is 4.11. The molecule has 0 spiro atoms. The minimum Gasteiger partial charge on any atom is -0.411 e. The summed E-state index contributed by atoms with van der Waals surface area (Å²) in [6.07, 6.45) is 2.40. The van der Waals surface area contributed by atoms with E-state index >= 15 is 0 Å². The Morgan fingerprint density at radius 2 is 2.41 bits per heavy atom. The third-order valence-electron chi connectivity index (χ3n) is 2.85. The molecule has 0 bridgehead atoms. The number of hydrogen-bond acceptors (Lipinski definition) is 5. The van der Waals surface area contributed by atoms with Gasteiger partial charge in [0.1, 0.15) is 5.44 Å². The Bertz CT molecular complexity index is 288. The van der Waals surface area contributed by atoms with Gasteiger partial charge in [-0.15, -0.1) is 16.9 Å². The van der Waals surface area contributed by atoms with Gasteiger partial charge in [-0.05, 0) is 12.2 Å². The smallest absolute Gasteiger partial charge is 0.227 e. The lowest BCUT2D eigenvalue weighted by molar-refractivity contribution is -0.130. The predicted octanol–water partition coefficient (Wildman–Crippen LogP) is 1.31. The fourth-order valence-electron chi connectivity index (χ4n) is 1.90. The summed E-state index contributed by atoms with van der Waals surface area (Å²) in [4.78, 5) is 12.0. The predicted molar refractivity (Wildman–Crippen MR) is 68.4 cm³/mol. The summed E-state index contributed by atoms with van der Waals surface area (Å²) in [6.45, 7) is 4.41. The minimum absolute atomic E-state index is 0.0886. The van der Waals surface area contributed by atoms with E-state index in [9.17, 15) is 4.79 Å². The summed E-state index contributed by atoms with van der Waals surface area (Å²) >= 11 is 1.64. The number of nitrogens with one attached hydrogen (secondary N) is 1. The van der Waals surface area contributed by atoms with Crippen LogP contribution in [0.4, 0.5) is 0 Å². The zero-order valence-electron chi connectivity index (χ0n) is 10.5. The lowest BCUT2D eigenvalue weighted by Gasteiger charge is -2.36. The van der Waals surface area contributed by atoms with Crippen LogP contribution in [0.25, 0.3) is 0 Å². The molecule has 2 unspecified atom stereocenters. The van der Waals surface area contributed by atoms with Crippen molar-refractivity contribution in [1.82, 2.24) is 5.32 Å². The molecule has 1 saturated heterocycles. The van der Waals surface area contributed by atoms with E-state index in [1.807, 2.05) is 13.8 Å². The molecular weight excluding hydrogens is 240 g/mol. The van der Waals surface area contributed by atoms with Crippen molar-refractivity contribution < 1.29 is 14.7 Å². The molecule has 0 aliphatic carbocycles. The molecule has 6 heteroatoms. The van der Waals surface area contributed by atoms with Crippen molar-refractivity contribution in [2.75, 3.05) is 19.4 Å². The monoisotopic (exact) mass is 260 g/mol. The van der Waals surface area contributed by atoms with Crippen molar-refractivity contribution >= 4 is 23.9 Å². The minimum atomic E-state index is -0.552. The first-order chi connectivity index (χ1) is 8.03. The highest BCUT2D eigenvalue weighted by Crippen LogP contribution is 2.36. The average molecular weight is 260 g/mol. The SMILES string of the molecule is CNC(=O)C(C1OCCCS1)C(C)(C)C=NO. The molecule has 1 amide bonds. The number of ether oxygens (including phenoxy) is 1. The van der Waals surface area contributed by atoms with E-state index in [2.05, 4.69) is 10.5 Å². The van der Waals surface area contributed by atoms with Crippen LogP contribution < -0.4 is 5.32 Å². The molecular formula is C11H20N2O3S. The maximum atomic E-state index is 12.0. The van der Waals surface area contributed by atoms with Gasteiger partial charge in [0.25, 0.3) is 0 Å². The van der Waals surface area contributed by atoms with E-state index < -0.39 is 5.41 Å². The summed E-state index contributed by atoms with van der Waals surface area (Å²) < 4.78 is 5.65. The van der Waals surface area contributed by atoms with Crippen LogP contribution in [0.3, 0.4) is 0 Å². The number of rotatable bonds is 4. The molecule has 1 aliphatic heterocycles. The normalized spacial score (nSPS) is 23.6. The van der Waals surface area contributed by atoms with E-state index in [1.165, 1.54) is 6.21 Å². The number of amides is 1. The number of carbonyl (C=O) groups is 1. The topological polar surface area (TPSA) is 70.9 Å². The Kier molecular flexibility index (Phi) is 5.27. The maximum Gasteiger partial charge on any atom is 0.227 e. The molecule has 0 aromatic heterocycles. The second-order valence-electron chi connectivity index (χ2n) is 4.62. The van der Waals surface area contributed by atoms with Gasteiger partial charge in [-0.2, -0.15) is 0 Å². The summed E-state index contributed by atoms with van der Waals surface area (Å²) in [7, 11) is 1.61. The second kappa shape index (κ2) is 6.26. The van der Waals surface area contributed by atoms with Gasteiger partial charge in [0, 0.05) is 19.1 Å². The van der Waals surface area contributed by atoms with Crippen molar-refractivity contribution in [3.8, 4) is 0 Å². The van der Waals surface area contributed by atoms with E-state index in [0.29, 0.717) is 6.61 Å². The molecule has 17 heavy (non-hydrogen) atoms. The highest BCUT2D eigenvalue weighted by atomic mass is 32.2. The van der Waals surface area contributed by atoms with Crippen molar-refractivity contribution in [2.45, 2.75) is 25.7 Å². The van der Waals surface area contributed by atoms with E-state index in [1.54, 1.807) is 18.8 Å². The van der Waals surface area contributed by atoms with Crippen molar-refractivity contribution in [1.29, 1.82) is 0 Å². The van der Waals surface area contributed by atoms with Gasteiger partial charge >= 0.3 is 0 Å². The molecule has 0 aromatic carbocycles. The van der Waals surface area contributed by atoms with Crippen LogP contribution in [0.1, 0.15) is 20.3 Å². The Balaban J connectivity index is 2.89. The molecule has 0 radical (unpaired) electrons. The molecule has 1 heterocycles. The molecule has 98 valence electrons. The summed E-state index contributed by atoms with van der Waals surface area (Å²) in [5.74, 6) is 0.535. The zero-order valence-corrected chi connectivity index (χ0v) is 11.3. The molecule has 0 aromatic rings. The Hall–Kier alpha value is -0.750. The van der Waals surface area contributed by atoms with Gasteiger partial charge in [0.2, 0.25) is 5.91 Å². The van der Waals surface area contributed by atoms with Crippen LogP contribution in [-0.4, -0.2) is 42.2 Å².